The van der Waals surface area contributed by atoms with Gasteiger partial charge in [-0.3, -0.25) is 4.79 Å². The topological polar surface area (TPSA) is 68.5 Å². The van der Waals surface area contributed by atoms with Gasteiger partial charge in [0.2, 0.25) is 5.43 Å². The smallest absolute Gasteiger partial charge is 0.343 e. The maximum atomic E-state index is 12.6. The van der Waals surface area contributed by atoms with Crippen LogP contribution in [0.25, 0.3) is 10.9 Å². The Morgan fingerprint density at radius 3 is 2.68 bits per heavy atom. The second-order valence-electron chi connectivity index (χ2n) is 5.26. The Morgan fingerprint density at radius 2 is 2.09 bits per heavy atom. The second-order valence-corrected chi connectivity index (χ2v) is 5.26. The van der Waals surface area contributed by atoms with Crippen molar-refractivity contribution in [1.82, 2.24) is 4.57 Å². The highest BCUT2D eigenvalue weighted by Gasteiger charge is 2.19. The third-order valence-corrected chi connectivity index (χ3v) is 3.76. The van der Waals surface area contributed by atoms with Crippen LogP contribution in [0.4, 0.5) is 0 Å². The Labute approximate surface area is 129 Å². The molecule has 0 saturated carbocycles. The number of aryl methyl sites for hydroxylation is 1. The number of hydrogen-bond acceptors (Lipinski definition) is 4. The van der Waals surface area contributed by atoms with Gasteiger partial charge in [-0.1, -0.05) is 18.6 Å². The Morgan fingerprint density at radius 1 is 1.36 bits per heavy atom. The van der Waals surface area contributed by atoms with Crippen LogP contribution in [-0.4, -0.2) is 28.9 Å². The molecule has 0 saturated heterocycles. The van der Waals surface area contributed by atoms with Crippen LogP contribution in [0.5, 0.6) is 0 Å². The molecule has 1 unspecified atom stereocenters. The fourth-order valence-corrected chi connectivity index (χ4v) is 2.54. The second kappa shape index (κ2) is 6.75. The van der Waals surface area contributed by atoms with Gasteiger partial charge in [0.15, 0.2) is 0 Å². The van der Waals surface area contributed by atoms with Crippen molar-refractivity contribution < 1.29 is 14.6 Å². The van der Waals surface area contributed by atoms with E-state index in [2.05, 4.69) is 0 Å². The Bertz CT molecular complexity index is 744. The molecule has 1 aromatic carbocycles. The number of pyridine rings is 1. The van der Waals surface area contributed by atoms with Gasteiger partial charge >= 0.3 is 5.97 Å². The zero-order chi connectivity index (χ0) is 16.3. The molecular weight excluding hydrogens is 282 g/mol. The normalized spacial score (nSPS) is 12.4. The highest BCUT2D eigenvalue weighted by molar-refractivity contribution is 5.94. The average molecular weight is 303 g/mol. The summed E-state index contributed by atoms with van der Waals surface area (Å²) in [5.41, 5.74) is 1.33. The lowest BCUT2D eigenvalue weighted by atomic mass is 10.1. The van der Waals surface area contributed by atoms with Crippen molar-refractivity contribution in [1.29, 1.82) is 0 Å². The van der Waals surface area contributed by atoms with Gasteiger partial charge in [0.25, 0.3) is 0 Å². The standard InChI is InChI=1S/C17H21NO4/c1-4-12(10-19)18-9-14(17(21)22-5-2)16(20)13-8-11(3)6-7-15(13)18/h6-9,12,19H,4-5,10H2,1-3H3. The number of hydrogen-bond donors (Lipinski definition) is 1. The first-order valence-electron chi connectivity index (χ1n) is 7.46. The maximum Gasteiger partial charge on any atom is 0.343 e. The number of carbonyl (C=O) groups excluding carboxylic acids is 1. The molecule has 1 N–H and O–H groups in total. The highest BCUT2D eigenvalue weighted by Crippen LogP contribution is 2.20. The Hall–Kier alpha value is -2.14. The molecular formula is C17H21NO4. The molecule has 0 aliphatic carbocycles. The first-order chi connectivity index (χ1) is 10.5. The summed E-state index contributed by atoms with van der Waals surface area (Å²) in [7, 11) is 0. The van der Waals surface area contributed by atoms with Crippen LogP contribution in [0.1, 0.15) is 42.2 Å². The molecule has 0 spiro atoms. The Kier molecular flexibility index (Phi) is 4.98. The fourth-order valence-electron chi connectivity index (χ4n) is 2.54. The third kappa shape index (κ3) is 2.90. The summed E-state index contributed by atoms with van der Waals surface area (Å²) in [5.74, 6) is -0.627. The van der Waals surface area contributed by atoms with Crippen molar-refractivity contribution in [3.8, 4) is 0 Å². The van der Waals surface area contributed by atoms with E-state index >= 15 is 0 Å². The van der Waals surface area contributed by atoms with Crippen LogP contribution in [0.2, 0.25) is 0 Å². The number of aromatic nitrogens is 1. The number of carbonyl (C=O) groups is 1. The van der Waals surface area contributed by atoms with E-state index in [1.165, 1.54) is 6.20 Å². The van der Waals surface area contributed by atoms with Gasteiger partial charge in [-0.25, -0.2) is 4.79 Å². The van der Waals surface area contributed by atoms with Crippen LogP contribution >= 0.6 is 0 Å². The van der Waals surface area contributed by atoms with E-state index < -0.39 is 5.97 Å². The number of esters is 1. The van der Waals surface area contributed by atoms with Crippen LogP contribution in [0.3, 0.4) is 0 Å². The monoisotopic (exact) mass is 303 g/mol. The molecule has 2 rings (SSSR count). The number of aliphatic hydroxyl groups excluding tert-OH is 1. The first kappa shape index (κ1) is 16.2. The average Bonchev–Trinajstić information content (AvgIpc) is 2.51. The molecule has 5 heteroatoms. The molecule has 0 amide bonds. The number of nitrogens with zero attached hydrogens (tertiary/aromatic N) is 1. The molecule has 2 aromatic rings. The van der Waals surface area contributed by atoms with E-state index in [9.17, 15) is 14.7 Å². The van der Waals surface area contributed by atoms with Crippen molar-refractivity contribution in [2.75, 3.05) is 13.2 Å². The summed E-state index contributed by atoms with van der Waals surface area (Å²) < 4.78 is 6.77. The first-order valence-corrected chi connectivity index (χ1v) is 7.46. The number of ether oxygens (including phenoxy) is 1. The van der Waals surface area contributed by atoms with E-state index in [1.807, 2.05) is 26.0 Å². The third-order valence-electron chi connectivity index (χ3n) is 3.76. The molecule has 0 fully saturated rings. The van der Waals surface area contributed by atoms with Crippen molar-refractivity contribution in [3.63, 3.8) is 0 Å². The Balaban J connectivity index is 2.80. The summed E-state index contributed by atoms with van der Waals surface area (Å²) in [6.45, 7) is 5.68. The van der Waals surface area contributed by atoms with Gasteiger partial charge < -0.3 is 14.4 Å². The molecule has 5 nitrogen and oxygen atoms in total. The van der Waals surface area contributed by atoms with E-state index in [-0.39, 0.29) is 30.2 Å². The number of aliphatic hydroxyl groups is 1. The SMILES string of the molecule is CCOC(=O)c1cn(C(CC)CO)c2ccc(C)cc2c1=O. The van der Waals surface area contributed by atoms with Crippen LogP contribution < -0.4 is 5.43 Å². The van der Waals surface area contributed by atoms with E-state index in [1.54, 1.807) is 17.6 Å². The highest BCUT2D eigenvalue weighted by atomic mass is 16.5. The summed E-state index contributed by atoms with van der Waals surface area (Å²) in [4.78, 5) is 24.6. The minimum Gasteiger partial charge on any atom is -0.462 e. The molecule has 1 atom stereocenters. The summed E-state index contributed by atoms with van der Waals surface area (Å²) >= 11 is 0. The lowest BCUT2D eigenvalue weighted by molar-refractivity contribution is 0.0523. The van der Waals surface area contributed by atoms with E-state index in [0.717, 1.165) is 5.56 Å². The van der Waals surface area contributed by atoms with E-state index in [4.69, 9.17) is 4.74 Å². The van der Waals surface area contributed by atoms with Crippen molar-refractivity contribution in [2.24, 2.45) is 0 Å². The molecule has 22 heavy (non-hydrogen) atoms. The van der Waals surface area contributed by atoms with Gasteiger partial charge in [-0.2, -0.15) is 0 Å². The van der Waals surface area contributed by atoms with Crippen LogP contribution in [-0.2, 0) is 4.74 Å². The molecule has 118 valence electrons. The predicted octanol–water partition coefficient (Wildman–Crippen LogP) is 2.43. The summed E-state index contributed by atoms with van der Waals surface area (Å²) in [6.07, 6.45) is 2.19. The largest absolute Gasteiger partial charge is 0.462 e. The molecule has 0 aliphatic rings. The maximum absolute atomic E-state index is 12.6. The fraction of sp³-hybridized carbons (Fsp3) is 0.412. The van der Waals surface area contributed by atoms with E-state index in [0.29, 0.717) is 17.3 Å². The molecule has 0 bridgehead atoms. The van der Waals surface area contributed by atoms with Gasteiger partial charge in [0, 0.05) is 11.6 Å². The van der Waals surface area contributed by atoms with Gasteiger partial charge in [0.1, 0.15) is 5.56 Å². The zero-order valence-electron chi connectivity index (χ0n) is 13.1. The predicted molar refractivity (Wildman–Crippen MR) is 85.3 cm³/mol. The summed E-state index contributed by atoms with van der Waals surface area (Å²) in [6, 6.07) is 5.33. The lowest BCUT2D eigenvalue weighted by Gasteiger charge is -2.20. The van der Waals surface area contributed by atoms with Crippen molar-refractivity contribution >= 4 is 16.9 Å². The van der Waals surface area contributed by atoms with Gasteiger partial charge in [-0.05, 0) is 32.4 Å². The minimum atomic E-state index is -0.627. The summed E-state index contributed by atoms with van der Waals surface area (Å²) in [5, 5.41) is 10.1. The quantitative estimate of drug-likeness (QED) is 0.861. The molecule has 1 aromatic heterocycles. The van der Waals surface area contributed by atoms with Gasteiger partial charge in [0.05, 0.1) is 24.8 Å². The molecule has 0 radical (unpaired) electrons. The lowest BCUT2D eigenvalue weighted by Crippen LogP contribution is -2.23. The number of fused-ring (bicyclic) bond motifs is 1. The molecule has 0 aliphatic heterocycles. The molecule has 1 heterocycles. The number of benzene rings is 1. The number of rotatable bonds is 5. The van der Waals surface area contributed by atoms with Crippen molar-refractivity contribution in [3.05, 3.63) is 45.7 Å². The minimum absolute atomic E-state index is 0.00634. The van der Waals surface area contributed by atoms with Crippen molar-refractivity contribution in [2.45, 2.75) is 33.2 Å². The van der Waals surface area contributed by atoms with Crippen LogP contribution in [0.15, 0.2) is 29.2 Å². The zero-order valence-corrected chi connectivity index (χ0v) is 13.1. The van der Waals surface area contributed by atoms with Crippen LogP contribution in [0, 0.1) is 6.92 Å². The van der Waals surface area contributed by atoms with Gasteiger partial charge in [-0.15, -0.1) is 0 Å².